The zero-order chi connectivity index (χ0) is 20.7. The zero-order valence-electron chi connectivity index (χ0n) is 14.9. The van der Waals surface area contributed by atoms with Crippen molar-refractivity contribution in [3.8, 4) is 11.5 Å². The Morgan fingerprint density at radius 1 is 1.00 bits per heavy atom. The maximum atomic E-state index is 12.9. The molecule has 2 aromatic rings. The van der Waals surface area contributed by atoms with Crippen molar-refractivity contribution in [1.82, 2.24) is 0 Å². The van der Waals surface area contributed by atoms with E-state index in [0.29, 0.717) is 11.3 Å². The van der Waals surface area contributed by atoms with E-state index in [1.807, 2.05) is 0 Å². The molecule has 0 heterocycles. The second-order valence-corrected chi connectivity index (χ2v) is 5.79. The van der Waals surface area contributed by atoms with Crippen LogP contribution in [0.2, 0.25) is 0 Å². The molecule has 0 saturated carbocycles. The first-order valence-corrected chi connectivity index (χ1v) is 8.16. The summed E-state index contributed by atoms with van der Waals surface area (Å²) >= 11 is 0. The minimum absolute atomic E-state index is 0.000204. The van der Waals surface area contributed by atoms with E-state index in [2.05, 4.69) is 0 Å². The lowest BCUT2D eigenvalue weighted by Crippen LogP contribution is -2.07. The molecule has 0 amide bonds. The summed E-state index contributed by atoms with van der Waals surface area (Å²) in [6.45, 7) is 0. The van der Waals surface area contributed by atoms with Crippen molar-refractivity contribution in [3.63, 3.8) is 0 Å². The first-order chi connectivity index (χ1) is 13.2. The Labute approximate surface area is 159 Å². The highest BCUT2D eigenvalue weighted by atomic mass is 19.4. The molecule has 0 unspecified atom stereocenters. The molecule has 4 nitrogen and oxygen atoms in total. The number of hydrogen-bond donors (Lipinski definition) is 1. The van der Waals surface area contributed by atoms with Crippen LogP contribution >= 0.6 is 0 Å². The maximum absolute atomic E-state index is 12.9. The Kier molecular flexibility index (Phi) is 6.76. The molecule has 1 N–H and O–H groups in total. The number of hydrogen-bond acceptors (Lipinski definition) is 4. The fraction of sp³-hybridized carbons (Fsp3) is 0.143. The number of methoxy groups -OCH3 is 1. The van der Waals surface area contributed by atoms with Gasteiger partial charge in [-0.3, -0.25) is 9.59 Å². The van der Waals surface area contributed by atoms with E-state index in [1.165, 1.54) is 55.7 Å². The number of aromatic hydroxyl groups is 1. The Bertz CT molecular complexity index is 927. The van der Waals surface area contributed by atoms with Crippen LogP contribution in [-0.4, -0.2) is 23.8 Å². The lowest BCUT2D eigenvalue weighted by atomic mass is 10.1. The summed E-state index contributed by atoms with van der Waals surface area (Å²) in [7, 11) is 1.40. The second-order valence-electron chi connectivity index (χ2n) is 5.79. The van der Waals surface area contributed by atoms with Gasteiger partial charge in [0.2, 0.25) is 0 Å². The number of rotatable bonds is 7. The average Bonchev–Trinajstić information content (AvgIpc) is 2.64. The number of carbonyl (C=O) groups is 2. The topological polar surface area (TPSA) is 63.6 Å². The number of alkyl halides is 3. The molecule has 2 aromatic carbocycles. The van der Waals surface area contributed by atoms with Crippen molar-refractivity contribution in [3.05, 3.63) is 71.3 Å². The van der Waals surface area contributed by atoms with Crippen molar-refractivity contribution in [1.29, 1.82) is 0 Å². The van der Waals surface area contributed by atoms with Crippen LogP contribution in [0.5, 0.6) is 11.5 Å². The summed E-state index contributed by atoms with van der Waals surface area (Å²) in [6, 6.07) is 9.17. The molecule has 0 spiro atoms. The van der Waals surface area contributed by atoms with Crippen molar-refractivity contribution < 1.29 is 32.6 Å². The summed E-state index contributed by atoms with van der Waals surface area (Å²) in [4.78, 5) is 23.8. The fourth-order valence-corrected chi connectivity index (χ4v) is 2.39. The van der Waals surface area contributed by atoms with Gasteiger partial charge in [0.25, 0.3) is 0 Å². The number of carbonyl (C=O) groups excluding carboxylic acids is 2. The quantitative estimate of drug-likeness (QED) is 0.551. The highest BCUT2D eigenvalue weighted by molar-refractivity contribution is 6.11. The minimum Gasteiger partial charge on any atom is -0.508 e. The standard InChI is InChI=1S/C21H17F3O4/c1-28-20-13-18(27)11-8-15(20)7-10-17(26)12-16(25)9-6-14-4-2-3-5-19(14)21(22,23)24/h2-11,13,27H,12H2,1H3. The van der Waals surface area contributed by atoms with Crippen LogP contribution in [0.25, 0.3) is 12.2 Å². The van der Waals surface area contributed by atoms with Gasteiger partial charge in [0.15, 0.2) is 11.6 Å². The molecule has 0 aliphatic heterocycles. The average molecular weight is 390 g/mol. The molecule has 0 saturated heterocycles. The predicted molar refractivity (Wildman–Crippen MR) is 98.8 cm³/mol. The summed E-state index contributed by atoms with van der Waals surface area (Å²) < 4.78 is 43.8. The van der Waals surface area contributed by atoms with Gasteiger partial charge in [-0.15, -0.1) is 0 Å². The number of ketones is 2. The SMILES string of the molecule is COc1cc(O)ccc1C=CC(=O)CC(=O)C=Cc1ccccc1C(F)(F)F. The molecular formula is C21H17F3O4. The highest BCUT2D eigenvalue weighted by Gasteiger charge is 2.32. The minimum atomic E-state index is -4.54. The molecular weight excluding hydrogens is 373 g/mol. The van der Waals surface area contributed by atoms with Crippen molar-refractivity contribution in [2.24, 2.45) is 0 Å². The number of benzene rings is 2. The maximum Gasteiger partial charge on any atom is 0.416 e. The van der Waals surface area contributed by atoms with Gasteiger partial charge in [0, 0.05) is 11.6 Å². The van der Waals surface area contributed by atoms with Crippen LogP contribution in [0.3, 0.4) is 0 Å². The third kappa shape index (κ3) is 5.84. The molecule has 2 rings (SSSR count). The van der Waals surface area contributed by atoms with E-state index in [9.17, 15) is 27.9 Å². The molecule has 28 heavy (non-hydrogen) atoms. The Morgan fingerprint density at radius 3 is 2.21 bits per heavy atom. The summed E-state index contributed by atoms with van der Waals surface area (Å²) in [5.41, 5.74) is -0.486. The van der Waals surface area contributed by atoms with Gasteiger partial charge in [0.05, 0.1) is 19.1 Å². The van der Waals surface area contributed by atoms with Gasteiger partial charge < -0.3 is 9.84 Å². The lowest BCUT2D eigenvalue weighted by Gasteiger charge is -2.09. The van der Waals surface area contributed by atoms with Gasteiger partial charge in [-0.1, -0.05) is 24.3 Å². The van der Waals surface area contributed by atoms with Crippen molar-refractivity contribution in [2.45, 2.75) is 12.6 Å². The van der Waals surface area contributed by atoms with E-state index >= 15 is 0 Å². The Hall–Kier alpha value is -3.35. The first-order valence-electron chi connectivity index (χ1n) is 8.16. The largest absolute Gasteiger partial charge is 0.508 e. The molecule has 7 heteroatoms. The lowest BCUT2D eigenvalue weighted by molar-refractivity contribution is -0.137. The Morgan fingerprint density at radius 2 is 1.61 bits per heavy atom. The second kappa shape index (κ2) is 9.03. The van der Waals surface area contributed by atoms with Crippen LogP contribution < -0.4 is 4.74 Å². The molecule has 0 radical (unpaired) electrons. The molecule has 0 fully saturated rings. The normalized spacial score (nSPS) is 11.9. The fourth-order valence-electron chi connectivity index (χ4n) is 2.39. The van der Waals surface area contributed by atoms with Crippen molar-refractivity contribution in [2.75, 3.05) is 7.11 Å². The highest BCUT2D eigenvalue weighted by Crippen LogP contribution is 2.32. The summed E-state index contributed by atoms with van der Waals surface area (Å²) in [6.07, 6.45) is -0.420. The monoisotopic (exact) mass is 390 g/mol. The predicted octanol–water partition coefficient (Wildman–Crippen LogP) is 4.67. The summed E-state index contributed by atoms with van der Waals surface area (Å²) in [5.74, 6) is -0.794. The number of allylic oxidation sites excluding steroid dienone is 2. The molecule has 0 aromatic heterocycles. The van der Waals surface area contributed by atoms with E-state index in [1.54, 1.807) is 0 Å². The van der Waals surface area contributed by atoms with Gasteiger partial charge in [-0.25, -0.2) is 0 Å². The van der Waals surface area contributed by atoms with Gasteiger partial charge in [-0.2, -0.15) is 13.2 Å². The molecule has 0 bridgehead atoms. The first kappa shape index (κ1) is 21.0. The molecule has 0 aliphatic rings. The third-order valence-electron chi connectivity index (χ3n) is 3.73. The smallest absolute Gasteiger partial charge is 0.416 e. The Balaban J connectivity index is 2.04. The van der Waals surface area contributed by atoms with E-state index < -0.39 is 29.7 Å². The summed E-state index contributed by atoms with van der Waals surface area (Å²) in [5, 5.41) is 9.39. The van der Waals surface area contributed by atoms with E-state index in [-0.39, 0.29) is 11.3 Å². The number of ether oxygens (including phenoxy) is 1. The number of phenols is 1. The molecule has 0 aliphatic carbocycles. The van der Waals surface area contributed by atoms with Crippen LogP contribution in [0.15, 0.2) is 54.6 Å². The van der Waals surface area contributed by atoms with Gasteiger partial charge in [0.1, 0.15) is 11.5 Å². The van der Waals surface area contributed by atoms with Crippen LogP contribution in [-0.2, 0) is 15.8 Å². The third-order valence-corrected chi connectivity index (χ3v) is 3.73. The van der Waals surface area contributed by atoms with Gasteiger partial charge in [-0.05, 0) is 42.0 Å². The van der Waals surface area contributed by atoms with Crippen LogP contribution in [0, 0.1) is 0 Å². The molecule has 146 valence electrons. The van der Waals surface area contributed by atoms with Gasteiger partial charge >= 0.3 is 6.18 Å². The van der Waals surface area contributed by atoms with E-state index in [4.69, 9.17) is 4.74 Å². The van der Waals surface area contributed by atoms with Crippen LogP contribution in [0.4, 0.5) is 13.2 Å². The number of halogens is 3. The zero-order valence-corrected chi connectivity index (χ0v) is 14.9. The molecule has 0 atom stereocenters. The van der Waals surface area contributed by atoms with Crippen molar-refractivity contribution >= 4 is 23.7 Å². The number of phenolic OH excluding ortho intramolecular Hbond substituents is 1. The van der Waals surface area contributed by atoms with E-state index in [0.717, 1.165) is 18.2 Å². The van der Waals surface area contributed by atoms with Crippen LogP contribution in [0.1, 0.15) is 23.1 Å².